The second kappa shape index (κ2) is 40.5. The van der Waals surface area contributed by atoms with E-state index in [1.165, 1.54) is 378 Å². The van der Waals surface area contributed by atoms with E-state index in [4.69, 9.17) is 0 Å². The van der Waals surface area contributed by atoms with Gasteiger partial charge in [0.2, 0.25) is 0 Å². The highest BCUT2D eigenvalue weighted by Gasteiger charge is 2.39. The van der Waals surface area contributed by atoms with Crippen LogP contribution in [0.5, 0.6) is 0 Å². The molecule has 0 spiro atoms. The van der Waals surface area contributed by atoms with Gasteiger partial charge in [-0.05, 0) is 435 Å². The summed E-state index contributed by atoms with van der Waals surface area (Å²) < 4.78 is 0. The maximum atomic E-state index is 2.63. The maximum absolute atomic E-state index is 2.63. The number of benzene rings is 12. The number of unbranched alkanes of at least 4 members (excludes halogenated alkanes) is 6. The molecule has 0 fully saturated rings. The van der Waals surface area contributed by atoms with Gasteiger partial charge in [-0.25, -0.2) is 0 Å². The van der Waals surface area contributed by atoms with Crippen molar-refractivity contribution in [1.82, 2.24) is 0 Å². The Morgan fingerprint density at radius 2 is 0.577 bits per heavy atom. The Bertz CT molecular complexity index is 6890. The van der Waals surface area contributed by atoms with Crippen LogP contribution in [-0.2, 0) is 38.5 Å². The Morgan fingerprint density at radius 1 is 0.263 bits per heavy atom. The van der Waals surface area contributed by atoms with Gasteiger partial charge in [0.05, 0.1) is 0 Å². The lowest BCUT2D eigenvalue weighted by Crippen LogP contribution is -2.15. The molecule has 0 saturated heterocycles. The van der Waals surface area contributed by atoms with Gasteiger partial charge in [0, 0.05) is 0 Å². The predicted molar refractivity (Wildman–Crippen MR) is 594 cm³/mol. The fourth-order valence-electron chi connectivity index (χ4n) is 26.1. The number of rotatable bonds is 21. The molecule has 0 heterocycles. The molecule has 137 heavy (non-hydrogen) atoms. The molecule has 0 aliphatic heterocycles. The average Bonchev–Trinajstić information content (AvgIpc) is 1.60. The molecule has 0 amide bonds. The van der Waals surface area contributed by atoms with E-state index in [1.807, 2.05) is 0 Å². The van der Waals surface area contributed by atoms with Crippen LogP contribution in [0, 0.1) is 130 Å². The van der Waals surface area contributed by atoms with Gasteiger partial charge in [-0.1, -0.05) is 397 Å². The molecule has 7 unspecified atom stereocenters. The van der Waals surface area contributed by atoms with Gasteiger partial charge >= 0.3 is 0 Å². The minimum atomic E-state index is 0.642. The van der Waals surface area contributed by atoms with Gasteiger partial charge < -0.3 is 0 Å². The smallest absolute Gasteiger partial charge is 0.00671 e. The van der Waals surface area contributed by atoms with E-state index in [1.54, 1.807) is 50.1 Å². The van der Waals surface area contributed by atoms with Gasteiger partial charge in [-0.2, -0.15) is 0 Å². The summed E-state index contributed by atoms with van der Waals surface area (Å²) in [4.78, 5) is 0. The lowest BCUT2D eigenvalue weighted by molar-refractivity contribution is 0.369. The summed E-state index contributed by atoms with van der Waals surface area (Å²) in [5.41, 5.74) is 70.8. The topological polar surface area (TPSA) is 0 Å². The molecule has 0 saturated carbocycles. The van der Waals surface area contributed by atoms with Crippen LogP contribution in [0.2, 0.25) is 0 Å². The van der Waals surface area contributed by atoms with Crippen LogP contribution in [0.4, 0.5) is 0 Å². The number of aryl methyl sites for hydroxylation is 12. The van der Waals surface area contributed by atoms with Crippen molar-refractivity contribution in [2.75, 3.05) is 0 Å². The van der Waals surface area contributed by atoms with E-state index < -0.39 is 0 Å². The molecular weight excluding hydrogens is 1650 g/mol. The largest absolute Gasteiger partial charge is 0.0757 e. The fraction of sp³-hybridized carbons (Fsp3) is 0.387. The first-order chi connectivity index (χ1) is 66.3. The van der Waals surface area contributed by atoms with Crippen LogP contribution in [0.15, 0.2) is 218 Å². The molecule has 0 aromatic heterocycles. The van der Waals surface area contributed by atoms with Crippen molar-refractivity contribution in [1.29, 1.82) is 0 Å². The van der Waals surface area contributed by atoms with Crippen molar-refractivity contribution >= 4 is 33.4 Å². The van der Waals surface area contributed by atoms with E-state index in [9.17, 15) is 0 Å². The predicted octanol–water partition coefficient (Wildman–Crippen LogP) is 38.1. The van der Waals surface area contributed by atoms with Gasteiger partial charge in [-0.3, -0.25) is 0 Å². The molecule has 0 N–H and O–H groups in total. The number of hydrogen-bond donors (Lipinski definition) is 0. The third-order valence-electron chi connectivity index (χ3n) is 33.8. The molecule has 12 aliphatic rings. The summed E-state index contributed by atoms with van der Waals surface area (Å²) in [6.45, 7) is 45.6. The Balaban J connectivity index is 0.000000106. The van der Waals surface area contributed by atoms with Gasteiger partial charge in [0.25, 0.3) is 0 Å². The molecule has 0 nitrogen and oxygen atoms in total. The molecule has 0 bridgehead atoms. The Morgan fingerprint density at radius 3 is 0.956 bits per heavy atom. The number of fused-ring (bicyclic) bond motifs is 18. The van der Waals surface area contributed by atoms with Crippen LogP contribution in [0.25, 0.3) is 100 Å². The number of allylic oxidation sites excluding steroid dienone is 6. The first-order valence-electron chi connectivity index (χ1n) is 54.1. The fourth-order valence-corrected chi connectivity index (χ4v) is 26.1. The summed E-state index contributed by atoms with van der Waals surface area (Å²) >= 11 is 0. The van der Waals surface area contributed by atoms with E-state index in [2.05, 4.69) is 357 Å². The molecular formula is C137H154. The molecule has 12 aromatic rings. The van der Waals surface area contributed by atoms with Gasteiger partial charge in [-0.15, -0.1) is 0 Å². The Kier molecular flexibility index (Phi) is 28.1. The summed E-state index contributed by atoms with van der Waals surface area (Å²) in [6.07, 6.45) is 48.3. The first-order valence-corrected chi connectivity index (χ1v) is 54.1. The second-order valence-electron chi connectivity index (χ2n) is 44.7. The molecule has 12 aliphatic carbocycles. The molecule has 0 radical (unpaired) electrons. The van der Waals surface area contributed by atoms with Crippen molar-refractivity contribution in [3.05, 3.63) is 385 Å². The van der Waals surface area contributed by atoms with E-state index >= 15 is 0 Å². The summed E-state index contributed by atoms with van der Waals surface area (Å²) in [5.74, 6) is 6.00. The summed E-state index contributed by atoms with van der Waals surface area (Å²) in [5, 5.41) is 0. The molecule has 702 valence electrons. The third-order valence-corrected chi connectivity index (χ3v) is 33.8. The zero-order valence-electron chi connectivity index (χ0n) is 87.1. The second-order valence-corrected chi connectivity index (χ2v) is 44.7. The highest BCUT2D eigenvalue weighted by Crippen LogP contribution is 2.58. The molecule has 7 atom stereocenters. The molecule has 12 aromatic carbocycles. The van der Waals surface area contributed by atoms with Crippen molar-refractivity contribution in [3.63, 3.8) is 0 Å². The lowest BCUT2D eigenvalue weighted by atomic mass is 9.77. The zero-order chi connectivity index (χ0) is 95.5. The van der Waals surface area contributed by atoms with Crippen molar-refractivity contribution < 1.29 is 0 Å². The molecule has 0 heteroatoms. The summed E-state index contributed by atoms with van der Waals surface area (Å²) in [7, 11) is 0. The van der Waals surface area contributed by atoms with Crippen molar-refractivity contribution in [2.45, 2.75) is 299 Å². The van der Waals surface area contributed by atoms with Crippen molar-refractivity contribution in [2.24, 2.45) is 47.3 Å². The van der Waals surface area contributed by atoms with Gasteiger partial charge in [0.1, 0.15) is 0 Å². The quantitative estimate of drug-likeness (QED) is 0.0629. The SMILES string of the molecule is CCC1C=C2c3cc(C)ccc3-c3ccc(C)c(c32)C1.CCCCC(CC)CC1C=C2c3cc(C)ccc3-c3ccc(C)c(c32)C1.CCCCCCCCC1C=C2c3cc(C)ccc3-c3ccc(C)c(c32)C1.Cc1ccc2c(c1)C1=CC(C)Cc3c(C)ccc-2c31.Cc1ccc2c(c1)C1=CC(CCC(C)CCCC(C)C)Cc3c(C)ccc-2c31.Cc1ccc2c(c1)C1=CCCc3c(C)ccc-2c31. The minimum Gasteiger partial charge on any atom is -0.0757 e. The van der Waals surface area contributed by atoms with Crippen molar-refractivity contribution in [3.8, 4) is 66.8 Å². The molecule has 24 rings (SSSR count). The lowest BCUT2D eigenvalue weighted by Gasteiger charge is -2.27. The highest BCUT2D eigenvalue weighted by atomic mass is 14.4. The monoisotopic (exact) mass is 1800 g/mol. The number of hydrogen-bond acceptors (Lipinski definition) is 0. The first kappa shape index (κ1) is 95.0. The van der Waals surface area contributed by atoms with E-state index in [0.717, 1.165) is 17.8 Å². The Hall–Kier alpha value is -10.9. The average molecular weight is 1800 g/mol. The van der Waals surface area contributed by atoms with Gasteiger partial charge in [0.15, 0.2) is 0 Å². The highest BCUT2D eigenvalue weighted by molar-refractivity contribution is 6.09. The van der Waals surface area contributed by atoms with Crippen LogP contribution in [0.3, 0.4) is 0 Å². The van der Waals surface area contributed by atoms with Crippen LogP contribution >= 0.6 is 0 Å². The normalized spacial score (nSPS) is 17.7. The van der Waals surface area contributed by atoms with E-state index in [0.29, 0.717) is 29.6 Å². The zero-order valence-corrected chi connectivity index (χ0v) is 87.1. The minimum absolute atomic E-state index is 0.642. The Labute approximate surface area is 826 Å². The van der Waals surface area contributed by atoms with E-state index in [-0.39, 0.29) is 0 Å². The standard InChI is InChI=1S/C28H36.2C26H32.C20H20.C19H18.C18H16/c1-18(2)7-6-8-19(3)9-12-22-16-25-21(5)11-14-24-23-13-10-20(4)15-26(23)27(17-22)28(24)25;1-5-7-8-19(6-2)14-20-15-23-18(4)10-12-22-21-11-9-17(3)13-24(21)25(16-20)26(22)23;1-4-5-6-7-8-9-10-20-16-23-19(3)12-14-22-21-13-11-18(2)15-24(21)25(17-20)26(22)23;1-4-14-10-17-13(3)6-8-16-15-7-5-12(2)9-18(15)19(11-14)20(16)17;1-11-4-6-14-15-7-5-13(3)16-9-12(2)10-18(19(15)16)17(14)8-11;1-11-6-8-14-16-9-7-12(2)13-4-3-5-15(18(13)16)17(14)10-11/h10-11,13-15,17-19,22H,6-9,12,16H2,1-5H3;9-13,16,19-20H,5-8,14-15H2,1-4H3;11-15,17,20H,4-10,16H2,1-3H3;5-9,11,14H,4,10H2,1-3H3;4-8,10,12H,9H2,1-3H3;5-10H,3-4H2,1-2H3. The third kappa shape index (κ3) is 18.7. The van der Waals surface area contributed by atoms with Crippen LogP contribution in [-0.4, -0.2) is 0 Å². The van der Waals surface area contributed by atoms with Crippen LogP contribution < -0.4 is 0 Å². The maximum Gasteiger partial charge on any atom is -0.00671 e. The summed E-state index contributed by atoms with van der Waals surface area (Å²) in [6, 6.07) is 69.5. The van der Waals surface area contributed by atoms with Crippen LogP contribution in [0.1, 0.15) is 344 Å².